The van der Waals surface area contributed by atoms with Crippen LogP contribution in [0.5, 0.6) is 0 Å². The van der Waals surface area contributed by atoms with Gasteiger partial charge >= 0.3 is 0 Å². The Kier molecular flexibility index (Phi) is 5.01. The molecule has 5 heteroatoms. The maximum atomic E-state index is 11.6. The Labute approximate surface area is 122 Å². The monoisotopic (exact) mass is 287 g/mol. The first-order valence-corrected chi connectivity index (χ1v) is 7.29. The average Bonchev–Trinajstić information content (AvgIpc) is 2.46. The van der Waals surface area contributed by atoms with E-state index in [1.165, 1.54) is 11.9 Å². The van der Waals surface area contributed by atoms with Crippen LogP contribution in [0.3, 0.4) is 0 Å². The van der Waals surface area contributed by atoms with Crippen LogP contribution >= 0.6 is 11.9 Å². The molecule has 0 saturated heterocycles. The molecule has 1 aromatic carbocycles. The number of amides is 1. The minimum Gasteiger partial charge on any atom is -0.397 e. The smallest absolute Gasteiger partial charge is 0.230 e. The van der Waals surface area contributed by atoms with Gasteiger partial charge in [0.15, 0.2) is 0 Å². The first kappa shape index (κ1) is 14.4. The number of nitrogens with one attached hydrogen (secondary N) is 1. The van der Waals surface area contributed by atoms with E-state index in [4.69, 9.17) is 5.73 Å². The van der Waals surface area contributed by atoms with E-state index in [0.717, 1.165) is 22.6 Å². The number of pyridine rings is 1. The van der Waals surface area contributed by atoms with E-state index in [1.54, 1.807) is 12.3 Å². The number of anilines is 1. The SMILES string of the molecule is CCCC(=O)NSc1ccccc1-c1ncccc1N. The van der Waals surface area contributed by atoms with Crippen LogP contribution < -0.4 is 10.5 Å². The van der Waals surface area contributed by atoms with Crippen LogP contribution in [0.25, 0.3) is 11.3 Å². The summed E-state index contributed by atoms with van der Waals surface area (Å²) in [5.41, 5.74) is 8.25. The van der Waals surface area contributed by atoms with Crippen molar-refractivity contribution in [1.29, 1.82) is 0 Å². The minimum absolute atomic E-state index is 0.0290. The molecule has 4 nitrogen and oxygen atoms in total. The molecule has 3 N–H and O–H groups in total. The zero-order valence-electron chi connectivity index (χ0n) is 11.3. The summed E-state index contributed by atoms with van der Waals surface area (Å²) < 4.78 is 2.84. The normalized spacial score (nSPS) is 10.2. The zero-order valence-corrected chi connectivity index (χ0v) is 12.1. The van der Waals surface area contributed by atoms with Crippen molar-refractivity contribution in [3.05, 3.63) is 42.6 Å². The summed E-state index contributed by atoms with van der Waals surface area (Å²) in [7, 11) is 0. The molecule has 0 atom stereocenters. The second-order valence-electron chi connectivity index (χ2n) is 4.31. The van der Waals surface area contributed by atoms with Gasteiger partial charge in [-0.1, -0.05) is 25.1 Å². The Morgan fingerprint density at radius 3 is 2.85 bits per heavy atom. The summed E-state index contributed by atoms with van der Waals surface area (Å²) in [6.45, 7) is 1.98. The standard InChI is InChI=1S/C15H17N3OS/c1-2-6-14(19)18-20-13-9-4-3-7-11(13)15-12(16)8-5-10-17-15/h3-5,7-10H,2,6,16H2,1H3,(H,18,19). The van der Waals surface area contributed by atoms with Crippen molar-refractivity contribution in [2.45, 2.75) is 24.7 Å². The second kappa shape index (κ2) is 6.96. The van der Waals surface area contributed by atoms with Crippen LogP contribution in [0.4, 0.5) is 5.69 Å². The van der Waals surface area contributed by atoms with E-state index in [9.17, 15) is 4.79 Å². The van der Waals surface area contributed by atoms with E-state index in [1.807, 2.05) is 37.3 Å². The number of aromatic nitrogens is 1. The number of benzene rings is 1. The van der Waals surface area contributed by atoms with Crippen molar-refractivity contribution in [3.63, 3.8) is 0 Å². The topological polar surface area (TPSA) is 68.0 Å². The zero-order chi connectivity index (χ0) is 14.4. The maximum Gasteiger partial charge on any atom is 0.230 e. The van der Waals surface area contributed by atoms with E-state index in [0.29, 0.717) is 12.1 Å². The summed E-state index contributed by atoms with van der Waals surface area (Å²) in [6, 6.07) is 11.4. The molecule has 0 radical (unpaired) electrons. The molecule has 0 saturated carbocycles. The van der Waals surface area contributed by atoms with Gasteiger partial charge < -0.3 is 5.73 Å². The van der Waals surface area contributed by atoms with Gasteiger partial charge in [0.2, 0.25) is 5.91 Å². The molecular formula is C15H17N3OS. The van der Waals surface area contributed by atoms with Crippen molar-refractivity contribution in [1.82, 2.24) is 9.71 Å². The van der Waals surface area contributed by atoms with Gasteiger partial charge in [0.25, 0.3) is 0 Å². The Morgan fingerprint density at radius 1 is 1.30 bits per heavy atom. The first-order chi connectivity index (χ1) is 9.72. The molecule has 20 heavy (non-hydrogen) atoms. The molecule has 0 unspecified atom stereocenters. The van der Waals surface area contributed by atoms with Gasteiger partial charge in [0.1, 0.15) is 0 Å². The van der Waals surface area contributed by atoms with Crippen molar-refractivity contribution in [2.75, 3.05) is 5.73 Å². The van der Waals surface area contributed by atoms with E-state index in [2.05, 4.69) is 9.71 Å². The summed E-state index contributed by atoms with van der Waals surface area (Å²) in [5, 5.41) is 0. The van der Waals surface area contributed by atoms with Crippen LogP contribution in [0, 0.1) is 0 Å². The molecule has 0 spiro atoms. The van der Waals surface area contributed by atoms with Crippen LogP contribution in [0.2, 0.25) is 0 Å². The highest BCUT2D eigenvalue weighted by molar-refractivity contribution is 7.98. The van der Waals surface area contributed by atoms with Crippen LogP contribution in [-0.4, -0.2) is 10.9 Å². The lowest BCUT2D eigenvalue weighted by molar-refractivity contribution is -0.119. The Morgan fingerprint density at radius 2 is 2.10 bits per heavy atom. The highest BCUT2D eigenvalue weighted by Crippen LogP contribution is 2.31. The molecule has 0 aliphatic heterocycles. The number of carbonyl (C=O) groups excluding carboxylic acids is 1. The lowest BCUT2D eigenvalue weighted by Crippen LogP contribution is -2.14. The quantitative estimate of drug-likeness (QED) is 0.828. The molecule has 2 aromatic rings. The fourth-order valence-electron chi connectivity index (χ4n) is 1.78. The van der Waals surface area contributed by atoms with Gasteiger partial charge in [-0.2, -0.15) is 0 Å². The number of nitrogens with two attached hydrogens (primary N) is 1. The lowest BCUT2D eigenvalue weighted by Gasteiger charge is -2.10. The Bertz CT molecular complexity index is 601. The average molecular weight is 287 g/mol. The second-order valence-corrected chi connectivity index (χ2v) is 5.16. The van der Waals surface area contributed by atoms with Gasteiger partial charge in [-0.3, -0.25) is 14.5 Å². The van der Waals surface area contributed by atoms with Gasteiger partial charge in [-0.25, -0.2) is 0 Å². The van der Waals surface area contributed by atoms with Gasteiger partial charge in [-0.15, -0.1) is 0 Å². The van der Waals surface area contributed by atoms with Gasteiger partial charge in [0, 0.05) is 23.1 Å². The third-order valence-electron chi connectivity index (χ3n) is 2.73. The fraction of sp³-hybridized carbons (Fsp3) is 0.200. The molecule has 0 aliphatic rings. The molecule has 1 heterocycles. The predicted octanol–water partition coefficient (Wildman–Crippen LogP) is 3.25. The molecule has 0 fully saturated rings. The molecular weight excluding hydrogens is 270 g/mol. The fourth-order valence-corrected chi connectivity index (χ4v) is 2.53. The van der Waals surface area contributed by atoms with E-state index < -0.39 is 0 Å². The highest BCUT2D eigenvalue weighted by Gasteiger charge is 2.10. The van der Waals surface area contributed by atoms with Gasteiger partial charge in [0.05, 0.1) is 11.4 Å². The summed E-state index contributed by atoms with van der Waals surface area (Å²) in [4.78, 5) is 16.8. The van der Waals surface area contributed by atoms with Crippen LogP contribution in [0.15, 0.2) is 47.5 Å². The number of hydrogen-bond acceptors (Lipinski definition) is 4. The Balaban J connectivity index is 2.23. The van der Waals surface area contributed by atoms with E-state index >= 15 is 0 Å². The molecule has 1 amide bonds. The molecule has 2 rings (SSSR count). The van der Waals surface area contributed by atoms with Crippen molar-refractivity contribution in [2.24, 2.45) is 0 Å². The van der Waals surface area contributed by atoms with Crippen LogP contribution in [0.1, 0.15) is 19.8 Å². The third-order valence-corrected chi connectivity index (χ3v) is 3.64. The molecule has 1 aromatic heterocycles. The van der Waals surface area contributed by atoms with Crippen molar-refractivity contribution >= 4 is 23.5 Å². The number of nitrogen functional groups attached to an aromatic ring is 1. The number of carbonyl (C=O) groups is 1. The number of hydrogen-bond donors (Lipinski definition) is 2. The number of nitrogens with zero attached hydrogens (tertiary/aromatic N) is 1. The Hall–Kier alpha value is -2.01. The highest BCUT2D eigenvalue weighted by atomic mass is 32.2. The largest absolute Gasteiger partial charge is 0.397 e. The predicted molar refractivity (Wildman–Crippen MR) is 83.0 cm³/mol. The summed E-state index contributed by atoms with van der Waals surface area (Å²) in [6.07, 6.45) is 3.07. The summed E-state index contributed by atoms with van der Waals surface area (Å²) in [5.74, 6) is 0.0290. The van der Waals surface area contributed by atoms with E-state index in [-0.39, 0.29) is 5.91 Å². The third kappa shape index (κ3) is 3.51. The van der Waals surface area contributed by atoms with Crippen molar-refractivity contribution in [3.8, 4) is 11.3 Å². The van der Waals surface area contributed by atoms with Gasteiger partial charge in [-0.05, 0) is 36.6 Å². The minimum atomic E-state index is 0.0290. The molecule has 0 aliphatic carbocycles. The van der Waals surface area contributed by atoms with Crippen molar-refractivity contribution < 1.29 is 4.79 Å². The van der Waals surface area contributed by atoms with Crippen LogP contribution in [-0.2, 0) is 4.79 Å². The molecule has 0 bridgehead atoms. The lowest BCUT2D eigenvalue weighted by atomic mass is 10.1. The first-order valence-electron chi connectivity index (χ1n) is 6.48. The maximum absolute atomic E-state index is 11.6. The number of rotatable bonds is 5. The summed E-state index contributed by atoms with van der Waals surface area (Å²) >= 11 is 1.30. The molecule has 104 valence electrons.